The van der Waals surface area contributed by atoms with Gasteiger partial charge in [0.2, 0.25) is 0 Å². The van der Waals surface area contributed by atoms with E-state index in [0.717, 1.165) is 11.3 Å². The van der Waals surface area contributed by atoms with Crippen LogP contribution in [0.15, 0.2) is 0 Å². The number of hydrogen-bond acceptors (Lipinski definition) is 1. The summed E-state index contributed by atoms with van der Waals surface area (Å²) in [5.41, 5.74) is 2.30. The topological polar surface area (TPSA) is 96.7 Å². The number of rotatable bonds is 2. The Balaban J connectivity index is -0.0000000728. The van der Waals surface area contributed by atoms with E-state index in [4.69, 9.17) is 23.4 Å². The monoisotopic (exact) mass is 814 g/mol. The summed E-state index contributed by atoms with van der Waals surface area (Å²) in [7, 11) is 1.33. The molecular formula is C33H56MnMo2O5P+. The summed E-state index contributed by atoms with van der Waals surface area (Å²) in [6, 6.07) is 0. The van der Waals surface area contributed by atoms with Crippen molar-refractivity contribution < 1.29 is 82.6 Å². The molecule has 0 atom stereocenters. The van der Waals surface area contributed by atoms with Crippen LogP contribution < -0.4 is 0 Å². The van der Waals surface area contributed by atoms with E-state index < -0.39 is 0 Å². The van der Waals surface area contributed by atoms with E-state index in [-0.39, 0.29) is 59.2 Å². The van der Waals surface area contributed by atoms with Crippen LogP contribution in [0.3, 0.4) is 0 Å². The average molecular weight is 811 g/mol. The summed E-state index contributed by atoms with van der Waals surface area (Å²) in [6.45, 7) is 19.3. The zero-order valence-electron chi connectivity index (χ0n) is 26.1. The van der Waals surface area contributed by atoms with E-state index in [0.29, 0.717) is 0 Å². The van der Waals surface area contributed by atoms with Crippen molar-refractivity contribution in [3.05, 3.63) is 26.6 Å². The molecule has 0 aromatic heterocycles. The van der Waals surface area contributed by atoms with E-state index in [2.05, 4.69) is 26.6 Å². The molecular weight excluding hydrogens is 754 g/mol. The smallest absolute Gasteiger partial charge is 0 e. The molecule has 5 aliphatic rings. The molecule has 5 nitrogen and oxygen atoms in total. The molecule has 0 amide bonds. The predicted octanol–water partition coefficient (Wildman–Crippen LogP) is 10.1. The van der Waals surface area contributed by atoms with Gasteiger partial charge in [-0.05, 0) is 37.0 Å². The molecule has 1 radical (unpaired) electrons. The average Bonchev–Trinajstić information content (AvgIpc) is 3.87. The van der Waals surface area contributed by atoms with Gasteiger partial charge < -0.3 is 4.79 Å². The van der Waals surface area contributed by atoms with Gasteiger partial charge in [-0.2, -0.15) is 6.92 Å². The Morgan fingerprint density at radius 3 is 0.714 bits per heavy atom. The van der Waals surface area contributed by atoms with E-state index in [9.17, 15) is 0 Å². The van der Waals surface area contributed by atoms with Gasteiger partial charge in [-0.3, -0.25) is 6.29 Å². The van der Waals surface area contributed by atoms with E-state index in [1.165, 1.54) is 157 Å². The Hall–Kier alpha value is 0.956. The summed E-state index contributed by atoms with van der Waals surface area (Å²) in [5, 5.41) is 0. The molecule has 0 saturated heterocycles. The summed E-state index contributed by atoms with van der Waals surface area (Å²) >= 11 is 0. The third kappa shape index (κ3) is 50.6. The minimum absolute atomic E-state index is 0. The van der Waals surface area contributed by atoms with Gasteiger partial charge in [0, 0.05) is 38.1 Å². The Bertz CT molecular complexity index is 437. The van der Waals surface area contributed by atoms with Gasteiger partial charge in [0.25, 0.3) is 0 Å². The summed E-state index contributed by atoms with van der Waals surface area (Å²) in [4.78, 5) is 8.68. The molecule has 241 valence electrons. The van der Waals surface area contributed by atoms with Crippen molar-refractivity contribution in [1.29, 1.82) is 0 Å². The second-order valence-electron chi connectivity index (χ2n) is 10.3. The first-order chi connectivity index (χ1) is 19.4. The molecule has 5 rings (SSSR count). The van der Waals surface area contributed by atoms with Gasteiger partial charge >= 0.3 is 66.3 Å². The van der Waals surface area contributed by atoms with Gasteiger partial charge in [0.15, 0.2) is 0 Å². The summed E-state index contributed by atoms with van der Waals surface area (Å²) in [6.07, 6.45) is 39.4. The van der Waals surface area contributed by atoms with Crippen molar-refractivity contribution in [2.24, 2.45) is 0 Å². The zero-order chi connectivity index (χ0) is 30.2. The van der Waals surface area contributed by atoms with Gasteiger partial charge in [0.05, 0.1) is 0 Å². The first kappa shape index (κ1) is 58.5. The van der Waals surface area contributed by atoms with E-state index in [1.807, 2.05) is 0 Å². The Morgan fingerprint density at radius 1 is 0.452 bits per heavy atom. The molecule has 0 N–H and O–H groups in total. The van der Waals surface area contributed by atoms with Crippen LogP contribution >= 0.6 is 8.58 Å². The first-order valence-corrected chi connectivity index (χ1v) is 16.4. The van der Waals surface area contributed by atoms with Gasteiger partial charge in [-0.1, -0.05) is 135 Å². The molecule has 0 unspecified atom stereocenters. The molecule has 0 spiro atoms. The van der Waals surface area contributed by atoms with Crippen molar-refractivity contribution in [2.75, 3.05) is 0 Å². The van der Waals surface area contributed by atoms with E-state index >= 15 is 0 Å². The third-order valence-electron chi connectivity index (χ3n) is 7.43. The van der Waals surface area contributed by atoms with Crippen LogP contribution in [-0.4, -0.2) is 17.6 Å². The van der Waals surface area contributed by atoms with Gasteiger partial charge in [0.1, 0.15) is 0 Å². The molecule has 0 aromatic carbocycles. The summed E-state index contributed by atoms with van der Waals surface area (Å²) < 4.78 is 30.0. The van der Waals surface area contributed by atoms with Crippen molar-refractivity contribution in [3.63, 3.8) is 0 Å². The van der Waals surface area contributed by atoms with Crippen LogP contribution in [0.4, 0.5) is 0 Å². The molecule has 0 heterocycles. The Kier molecular flexibility index (Phi) is 85.0. The SMILES string of the molecule is C1CCC(PC2CCCCC2)CC1.C1CCCC1.C1CCCC1.C1CCCC1.C[C-]=O.[C-]#[O+].[C-]#[O+].[C-]#[O+].[C-]#[O+].[Mn].[Mo+2].[Mo]. The maximum atomic E-state index is 8.68. The second-order valence-corrected chi connectivity index (χ2v) is 12.3. The van der Waals surface area contributed by atoms with Crippen LogP contribution in [-0.2, 0) is 82.6 Å². The predicted molar refractivity (Wildman–Crippen MR) is 158 cm³/mol. The van der Waals surface area contributed by atoms with Crippen molar-refractivity contribution in [3.8, 4) is 0 Å². The fourth-order valence-electron chi connectivity index (χ4n) is 5.52. The largest absolute Gasteiger partial charge is 2.00 e. The first-order valence-electron chi connectivity index (χ1n) is 15.2. The number of carbonyl (C=O) groups excluding carboxylic acids is 1. The van der Waals surface area contributed by atoms with Crippen LogP contribution in [0.25, 0.3) is 0 Å². The van der Waals surface area contributed by atoms with Gasteiger partial charge in [-0.15, -0.1) is 8.58 Å². The minimum atomic E-state index is 0. The quantitative estimate of drug-likeness (QED) is 0.118. The normalized spacial score (nSPS) is 17.6. The molecule has 5 aliphatic carbocycles. The Morgan fingerprint density at radius 2 is 0.571 bits per heavy atom. The summed E-state index contributed by atoms with van der Waals surface area (Å²) in [5.74, 6) is 0. The molecule has 5 saturated carbocycles. The molecule has 9 heteroatoms. The minimum Gasteiger partial charge on any atom is 0 e. The van der Waals surface area contributed by atoms with Crippen LogP contribution in [0.5, 0.6) is 0 Å². The standard InChI is InChI=1S/C12H23P.3C5H10.C2H3O.4CO.Mn.2Mo/c1-3-7-11(8-4-1)13-12-9-5-2-6-10-12;3*1-2-4-5-3-1;1-2-3;4*1-2;;;/h11-13H,1-10H2;3*1-5H2;1H3;;;;;;;/q;;;;-1;;;;;;;+2. The molecule has 5 fully saturated rings. The second kappa shape index (κ2) is 61.0. The molecule has 0 bridgehead atoms. The van der Waals surface area contributed by atoms with Crippen LogP contribution in [0.1, 0.15) is 167 Å². The fraction of sp³-hybridized carbons (Fsp3) is 0.848. The third-order valence-corrected chi connectivity index (χ3v) is 9.53. The van der Waals surface area contributed by atoms with Crippen LogP contribution in [0.2, 0.25) is 0 Å². The van der Waals surface area contributed by atoms with Crippen molar-refractivity contribution in [2.45, 2.75) is 179 Å². The van der Waals surface area contributed by atoms with Crippen LogP contribution in [0, 0.1) is 26.6 Å². The molecule has 0 aliphatic heterocycles. The zero-order valence-corrected chi connectivity index (χ0v) is 32.3. The van der Waals surface area contributed by atoms with Gasteiger partial charge in [-0.25, -0.2) is 0 Å². The maximum absolute atomic E-state index is 8.68. The molecule has 0 aromatic rings. The van der Waals surface area contributed by atoms with E-state index in [1.54, 1.807) is 25.7 Å². The maximum Gasteiger partial charge on any atom is 2.00 e. The Labute approximate surface area is 300 Å². The molecule has 42 heavy (non-hydrogen) atoms. The van der Waals surface area contributed by atoms with Crippen molar-refractivity contribution >= 4 is 14.9 Å². The fourth-order valence-corrected chi connectivity index (χ4v) is 7.67. The van der Waals surface area contributed by atoms with Crippen molar-refractivity contribution in [1.82, 2.24) is 0 Å². The number of hydrogen-bond donors (Lipinski definition) is 0.